The second-order valence-electron chi connectivity index (χ2n) is 12.9. The minimum Gasteiger partial charge on any atom is -0.314 e. The zero-order chi connectivity index (χ0) is 30.8. The first-order valence-electron chi connectivity index (χ1n) is 16.2. The van der Waals surface area contributed by atoms with Crippen molar-refractivity contribution < 1.29 is 0 Å². The molecule has 0 saturated heterocycles. The van der Waals surface area contributed by atoms with Crippen LogP contribution >= 0.6 is 34.0 Å². The van der Waals surface area contributed by atoms with Gasteiger partial charge in [-0.3, -0.25) is 0 Å². The number of fused-ring (bicyclic) bond motifs is 27. The Balaban J connectivity index is 1.56. The Bertz CT molecular complexity index is 3170. The molecule has 4 aromatic carbocycles. The van der Waals surface area contributed by atoms with Gasteiger partial charge in [-0.05, 0) is 54.6 Å². The second kappa shape index (κ2) is 8.35. The highest BCUT2D eigenvalue weighted by molar-refractivity contribution is 7.27. The van der Waals surface area contributed by atoms with Crippen LogP contribution < -0.4 is 0 Å². The Morgan fingerprint density at radius 3 is 0.958 bits per heavy atom. The number of hydrogen-bond donors (Lipinski definition) is 0. The number of benzene rings is 4. The van der Waals surface area contributed by atoms with Crippen LogP contribution in [0.4, 0.5) is 0 Å². The average Bonchev–Trinajstić information content (AvgIpc) is 3.97. The van der Waals surface area contributed by atoms with Crippen molar-refractivity contribution in [1.82, 2.24) is 13.2 Å². The number of thiophene rings is 3. The van der Waals surface area contributed by atoms with E-state index in [2.05, 4.69) is 141 Å². The van der Waals surface area contributed by atoms with Gasteiger partial charge in [0, 0.05) is 81.2 Å². The van der Waals surface area contributed by atoms with Gasteiger partial charge >= 0.3 is 0 Å². The molecule has 0 spiro atoms. The molecule has 0 aliphatic heterocycles. The van der Waals surface area contributed by atoms with E-state index in [-0.39, 0.29) is 0 Å². The van der Waals surface area contributed by atoms with Crippen molar-refractivity contribution in [1.29, 1.82) is 0 Å². The normalized spacial score (nSPS) is 13.0. The van der Waals surface area contributed by atoms with Crippen molar-refractivity contribution in [3.63, 3.8) is 0 Å². The zero-order valence-electron chi connectivity index (χ0n) is 25.2. The molecule has 0 saturated carbocycles. The van der Waals surface area contributed by atoms with Gasteiger partial charge in [-0.15, -0.1) is 34.0 Å². The molecular formula is C42H21N3S3. The fourth-order valence-corrected chi connectivity index (χ4v) is 12.5. The summed E-state index contributed by atoms with van der Waals surface area (Å²) < 4.78 is 15.5. The van der Waals surface area contributed by atoms with Crippen molar-refractivity contribution in [2.75, 3.05) is 0 Å². The minimum atomic E-state index is 1.27. The largest absolute Gasteiger partial charge is 0.314 e. The van der Waals surface area contributed by atoms with Crippen molar-refractivity contribution in [3.8, 4) is 0 Å². The maximum absolute atomic E-state index is 2.50. The van der Waals surface area contributed by atoms with Gasteiger partial charge in [-0.25, -0.2) is 0 Å². The molecule has 6 heteroatoms. The third-order valence-electron chi connectivity index (χ3n) is 10.6. The molecule has 0 atom stereocenters. The molecule has 0 bridgehead atoms. The fourth-order valence-electron chi connectivity index (χ4n) is 8.85. The van der Waals surface area contributed by atoms with Gasteiger partial charge in [-0.2, -0.15) is 0 Å². The van der Waals surface area contributed by atoms with Gasteiger partial charge in [0.05, 0.1) is 47.2 Å². The molecule has 9 heterocycles. The zero-order valence-corrected chi connectivity index (χ0v) is 27.6. The third kappa shape index (κ3) is 2.70. The lowest BCUT2D eigenvalue weighted by atomic mass is 9.94. The molecule has 0 fully saturated rings. The number of rotatable bonds is 0. The van der Waals surface area contributed by atoms with Gasteiger partial charge in [0.15, 0.2) is 0 Å². The van der Waals surface area contributed by atoms with E-state index in [1.165, 1.54) is 110 Å². The van der Waals surface area contributed by atoms with Crippen LogP contribution in [-0.2, 0) is 0 Å². The topological polar surface area (TPSA) is 13.2 Å². The van der Waals surface area contributed by atoms with Crippen LogP contribution in [0.1, 0.15) is 0 Å². The lowest BCUT2D eigenvalue weighted by Crippen LogP contribution is -1.99. The smallest absolute Gasteiger partial charge is 0.0657 e. The first-order valence-corrected chi connectivity index (χ1v) is 18.6. The second-order valence-corrected chi connectivity index (χ2v) is 16.0. The number of nitrogens with zero attached hydrogens (tertiary/aromatic N) is 3. The molecular weight excluding hydrogens is 643 g/mol. The van der Waals surface area contributed by atoms with Crippen molar-refractivity contribution in [3.05, 3.63) is 128 Å². The first-order chi connectivity index (χ1) is 23.8. The summed E-state index contributed by atoms with van der Waals surface area (Å²) in [5.74, 6) is 0. The highest BCUT2D eigenvalue weighted by atomic mass is 32.1. The third-order valence-corrected chi connectivity index (χ3v) is 14.2. The van der Waals surface area contributed by atoms with Gasteiger partial charge < -0.3 is 13.2 Å². The van der Waals surface area contributed by atoms with Crippen molar-refractivity contribution >= 4 is 144 Å². The monoisotopic (exact) mass is 663 g/mol. The van der Waals surface area contributed by atoms with E-state index < -0.39 is 0 Å². The van der Waals surface area contributed by atoms with E-state index in [0.717, 1.165) is 0 Å². The number of pyridine rings is 3. The summed E-state index contributed by atoms with van der Waals surface area (Å²) in [5, 5.41) is 12.1. The highest BCUT2D eigenvalue weighted by Crippen LogP contribution is 2.53. The molecule has 0 N–H and O–H groups in total. The van der Waals surface area contributed by atoms with Gasteiger partial charge in [-0.1, -0.05) is 54.6 Å². The van der Waals surface area contributed by atoms with E-state index in [1.54, 1.807) is 0 Å². The molecule has 13 rings (SSSR count). The summed E-state index contributed by atoms with van der Waals surface area (Å²) >= 11 is 5.76. The summed E-state index contributed by atoms with van der Waals surface area (Å²) in [4.78, 5) is 0. The van der Waals surface area contributed by atoms with Crippen LogP contribution in [0.2, 0.25) is 0 Å². The van der Waals surface area contributed by atoms with Crippen molar-refractivity contribution in [2.45, 2.75) is 0 Å². The standard InChI is InChI=1S/C42H21N3S3/c1-4-16-28-22(10-1)31-34-37(43-19-7-13-25(43)40(31)46-28)35-32-23-11-2-6-18-30(23)48-42(32)27-15-9-21-45(27)39(35)36-33-24-12-3-5-17-29(24)47-41(33)26-14-8-20-44(26)38(34)36/h1-21H. The molecule has 222 valence electrons. The Morgan fingerprint density at radius 2 is 0.625 bits per heavy atom. The number of hydrogen-bond acceptors (Lipinski definition) is 3. The minimum absolute atomic E-state index is 1.27. The van der Waals surface area contributed by atoms with Crippen LogP contribution in [-0.4, -0.2) is 13.2 Å². The van der Waals surface area contributed by atoms with Crippen LogP contribution in [0.15, 0.2) is 128 Å². The average molecular weight is 664 g/mol. The maximum atomic E-state index is 2.50. The lowest BCUT2D eigenvalue weighted by molar-refractivity contribution is 1.26. The quantitative estimate of drug-likeness (QED) is 0.143. The Labute approximate surface area is 283 Å². The van der Waals surface area contributed by atoms with E-state index in [0.29, 0.717) is 0 Å². The van der Waals surface area contributed by atoms with Gasteiger partial charge in [0.25, 0.3) is 0 Å². The van der Waals surface area contributed by atoms with Crippen LogP contribution in [0.3, 0.4) is 0 Å². The summed E-state index contributed by atoms with van der Waals surface area (Å²) in [6.45, 7) is 0. The lowest BCUT2D eigenvalue weighted by Gasteiger charge is -2.19. The Kier molecular flexibility index (Phi) is 4.30. The highest BCUT2D eigenvalue weighted by Gasteiger charge is 2.27. The molecule has 0 radical (unpaired) electrons. The predicted molar refractivity (Wildman–Crippen MR) is 210 cm³/mol. The molecule has 0 aliphatic carbocycles. The molecule has 48 heavy (non-hydrogen) atoms. The molecule has 3 nitrogen and oxygen atoms in total. The molecule has 0 aliphatic rings. The van der Waals surface area contributed by atoms with E-state index in [1.807, 2.05) is 34.0 Å². The first kappa shape index (κ1) is 24.7. The fraction of sp³-hybridized carbons (Fsp3) is 0. The molecule has 0 unspecified atom stereocenters. The van der Waals surface area contributed by atoms with E-state index in [4.69, 9.17) is 0 Å². The molecule has 13 aromatic rings. The summed E-state index contributed by atoms with van der Waals surface area (Å²) in [6.07, 6.45) is 6.87. The van der Waals surface area contributed by atoms with E-state index >= 15 is 0 Å². The van der Waals surface area contributed by atoms with Gasteiger partial charge in [0.2, 0.25) is 0 Å². The van der Waals surface area contributed by atoms with Crippen LogP contribution in [0.5, 0.6) is 0 Å². The van der Waals surface area contributed by atoms with Crippen molar-refractivity contribution in [2.24, 2.45) is 0 Å². The predicted octanol–water partition coefficient (Wildman–Crippen LogP) is 13.0. The number of aromatic nitrogens is 3. The van der Waals surface area contributed by atoms with Crippen LogP contribution in [0.25, 0.3) is 110 Å². The Morgan fingerprint density at radius 1 is 0.312 bits per heavy atom. The van der Waals surface area contributed by atoms with Gasteiger partial charge in [0.1, 0.15) is 0 Å². The molecule has 9 aromatic heterocycles. The Hall–Kier alpha value is -5.40. The summed E-state index contributed by atoms with van der Waals surface area (Å²) in [5.41, 5.74) is 7.66. The molecule has 0 amide bonds. The van der Waals surface area contributed by atoms with E-state index in [9.17, 15) is 0 Å². The SMILES string of the molecule is c1ccc2c(c1)sc1c2c2c3c(c4c5ccccc5sc4c4cccn43)c3c(c4c5ccccc5sc4c4cccn43)c2n2cccc12. The summed E-state index contributed by atoms with van der Waals surface area (Å²) in [6, 6.07) is 40.6. The maximum Gasteiger partial charge on any atom is 0.0657 e. The van der Waals surface area contributed by atoms with Crippen LogP contribution in [0, 0.1) is 0 Å². The summed E-state index contributed by atoms with van der Waals surface area (Å²) in [7, 11) is 0.